The molecule has 1 aliphatic heterocycles. The Hall–Kier alpha value is -2.57. The van der Waals surface area contributed by atoms with Crippen LogP contribution in [0.5, 0.6) is 0 Å². The summed E-state index contributed by atoms with van der Waals surface area (Å²) in [6.45, 7) is 0.406. The van der Waals surface area contributed by atoms with Crippen LogP contribution in [0.2, 0.25) is 0 Å². The fraction of sp³-hybridized carbons (Fsp3) is 0.412. The zero-order valence-corrected chi connectivity index (χ0v) is 13.1. The summed E-state index contributed by atoms with van der Waals surface area (Å²) in [5.41, 5.74) is 0.686. The molecule has 1 saturated heterocycles. The van der Waals surface area contributed by atoms with Crippen LogP contribution in [0.4, 0.5) is 9.18 Å². The summed E-state index contributed by atoms with van der Waals surface area (Å²) in [5.74, 6) is 0.320. The number of carbonyl (C=O) groups is 1. The summed E-state index contributed by atoms with van der Waals surface area (Å²) in [5, 5.41) is 11.7. The minimum atomic E-state index is -0.937. The normalized spacial score (nSPS) is 21.0. The van der Waals surface area contributed by atoms with Gasteiger partial charge in [-0.25, -0.2) is 9.18 Å². The van der Waals surface area contributed by atoms with Crippen LogP contribution in [0.15, 0.2) is 39.6 Å². The molecule has 1 aliphatic rings. The van der Waals surface area contributed by atoms with Gasteiger partial charge in [0.2, 0.25) is 0 Å². The van der Waals surface area contributed by atoms with Gasteiger partial charge in [-0.15, -0.1) is 0 Å². The first-order chi connectivity index (χ1) is 11.5. The fourth-order valence-corrected chi connectivity index (χ4v) is 3.32. The quantitative estimate of drug-likeness (QED) is 0.900. The summed E-state index contributed by atoms with van der Waals surface area (Å²) < 4.78 is 18.1. The molecule has 1 fully saturated rings. The van der Waals surface area contributed by atoms with Gasteiger partial charge in [0.05, 0.1) is 0 Å². The van der Waals surface area contributed by atoms with Crippen LogP contribution in [-0.2, 0) is 6.42 Å². The Morgan fingerprint density at radius 3 is 2.75 bits per heavy atom. The van der Waals surface area contributed by atoms with Crippen molar-refractivity contribution in [2.24, 2.45) is 0 Å². The molecule has 2 aromatic rings. The average Bonchev–Trinajstić information content (AvgIpc) is 3.00. The smallest absolute Gasteiger partial charge is 0.407 e. The van der Waals surface area contributed by atoms with Crippen LogP contribution in [0.3, 0.4) is 0 Å². The summed E-state index contributed by atoms with van der Waals surface area (Å²) in [4.78, 5) is 24.2. The van der Waals surface area contributed by atoms with Crippen molar-refractivity contribution in [3.8, 4) is 0 Å². The molecule has 0 bridgehead atoms. The molecule has 1 aromatic carbocycles. The molecule has 1 amide bonds. The molecule has 24 heavy (non-hydrogen) atoms. The van der Waals surface area contributed by atoms with Crippen molar-refractivity contribution in [3.05, 3.63) is 57.8 Å². The van der Waals surface area contributed by atoms with Crippen molar-refractivity contribution in [1.29, 1.82) is 0 Å². The maximum absolute atomic E-state index is 13.0. The zero-order valence-electron chi connectivity index (χ0n) is 13.1. The minimum absolute atomic E-state index is 0.0257. The van der Waals surface area contributed by atoms with Gasteiger partial charge in [0.25, 0.3) is 5.56 Å². The number of aryl methyl sites for hydroxylation is 1. The molecule has 2 N–H and O–H groups in total. The Kier molecular flexibility index (Phi) is 4.69. The molecule has 2 heterocycles. The monoisotopic (exact) mass is 334 g/mol. The van der Waals surface area contributed by atoms with Crippen LogP contribution in [0, 0.1) is 5.82 Å². The number of carboxylic acid groups (broad SMARTS) is 1. The van der Waals surface area contributed by atoms with Gasteiger partial charge in [0.15, 0.2) is 0 Å². The molecule has 7 heteroatoms. The van der Waals surface area contributed by atoms with Gasteiger partial charge < -0.3 is 14.5 Å². The molecule has 128 valence electrons. The van der Waals surface area contributed by atoms with E-state index in [9.17, 15) is 19.1 Å². The summed E-state index contributed by atoms with van der Waals surface area (Å²) >= 11 is 0. The average molecular weight is 334 g/mol. The second-order valence-corrected chi connectivity index (χ2v) is 6.13. The lowest BCUT2D eigenvalue weighted by Gasteiger charge is -2.37. The number of nitrogens with zero attached hydrogens (tertiary/aromatic N) is 1. The fourth-order valence-electron chi connectivity index (χ4n) is 3.32. The Bertz CT molecular complexity index is 752. The number of H-pyrrole nitrogens is 1. The number of aromatic amines is 1. The lowest BCUT2D eigenvalue weighted by Crippen LogP contribution is -2.45. The lowest BCUT2D eigenvalue weighted by molar-refractivity contribution is 0.0936. The molecule has 2 atom stereocenters. The lowest BCUT2D eigenvalue weighted by atomic mass is 9.86. The third kappa shape index (κ3) is 3.67. The molecule has 0 spiro atoms. The van der Waals surface area contributed by atoms with Gasteiger partial charge in [-0.1, -0.05) is 12.1 Å². The van der Waals surface area contributed by atoms with Gasteiger partial charge in [-0.05, 0) is 43.4 Å². The number of halogens is 1. The van der Waals surface area contributed by atoms with E-state index in [1.165, 1.54) is 23.1 Å². The van der Waals surface area contributed by atoms with Crippen LogP contribution < -0.4 is 5.56 Å². The van der Waals surface area contributed by atoms with E-state index in [1.807, 2.05) is 0 Å². The van der Waals surface area contributed by atoms with Gasteiger partial charge in [0, 0.05) is 24.6 Å². The zero-order chi connectivity index (χ0) is 17.1. The highest BCUT2D eigenvalue weighted by Crippen LogP contribution is 2.32. The Morgan fingerprint density at radius 1 is 1.38 bits per heavy atom. The number of aromatic nitrogens is 1. The van der Waals surface area contributed by atoms with Crippen molar-refractivity contribution >= 4 is 6.09 Å². The minimum Gasteiger partial charge on any atom is -0.465 e. The van der Waals surface area contributed by atoms with E-state index < -0.39 is 6.09 Å². The van der Waals surface area contributed by atoms with Gasteiger partial charge in [0.1, 0.15) is 11.6 Å². The second-order valence-electron chi connectivity index (χ2n) is 6.13. The first-order valence-corrected chi connectivity index (χ1v) is 7.95. The number of piperidine rings is 1. The van der Waals surface area contributed by atoms with E-state index >= 15 is 0 Å². The van der Waals surface area contributed by atoms with E-state index in [0.29, 0.717) is 38.0 Å². The van der Waals surface area contributed by atoms with E-state index in [-0.39, 0.29) is 23.3 Å². The van der Waals surface area contributed by atoms with E-state index in [2.05, 4.69) is 5.16 Å². The van der Waals surface area contributed by atoms with Crippen molar-refractivity contribution in [1.82, 2.24) is 10.1 Å². The van der Waals surface area contributed by atoms with Crippen molar-refractivity contribution in [3.63, 3.8) is 0 Å². The van der Waals surface area contributed by atoms with Crippen LogP contribution >= 0.6 is 0 Å². The van der Waals surface area contributed by atoms with Crippen LogP contribution in [0.25, 0.3) is 0 Å². The van der Waals surface area contributed by atoms with Crippen molar-refractivity contribution in [2.45, 2.75) is 37.6 Å². The van der Waals surface area contributed by atoms with Crippen molar-refractivity contribution in [2.75, 3.05) is 6.54 Å². The molecular formula is C17H19FN2O4. The number of likely N-dealkylation sites (tertiary alicyclic amines) is 1. The summed E-state index contributed by atoms with van der Waals surface area (Å²) in [7, 11) is 0. The predicted molar refractivity (Wildman–Crippen MR) is 84.5 cm³/mol. The Balaban J connectivity index is 1.69. The standard InChI is InChI=1S/C17H19FN2O4/c18-13-4-1-11(2-5-13)3-6-14-9-12(7-8-20(14)17(22)23)15-10-16(21)19-24-15/h1-2,4-5,10,12,14H,3,6-9H2,(H,19,21)(H,22,23)/t12-,14-/m1/s1. The SMILES string of the molecule is O=C(O)N1CC[C@@H](c2cc(=O)[nH]o2)C[C@H]1CCc1ccc(F)cc1. The molecule has 0 radical (unpaired) electrons. The third-order valence-electron chi connectivity index (χ3n) is 4.59. The first kappa shape index (κ1) is 16.3. The van der Waals surface area contributed by atoms with Crippen LogP contribution in [0.1, 0.15) is 36.5 Å². The molecule has 0 unspecified atom stereocenters. The predicted octanol–water partition coefficient (Wildman–Crippen LogP) is 2.97. The highest BCUT2D eigenvalue weighted by Gasteiger charge is 2.33. The molecular weight excluding hydrogens is 315 g/mol. The Morgan fingerprint density at radius 2 is 2.12 bits per heavy atom. The maximum Gasteiger partial charge on any atom is 0.407 e. The number of nitrogens with one attached hydrogen (secondary N) is 1. The Labute approximate surface area is 137 Å². The van der Waals surface area contributed by atoms with Gasteiger partial charge in [-0.3, -0.25) is 4.79 Å². The summed E-state index contributed by atoms with van der Waals surface area (Å²) in [6, 6.07) is 7.51. The molecule has 1 aromatic heterocycles. The van der Waals surface area contributed by atoms with E-state index in [0.717, 1.165) is 5.56 Å². The number of rotatable bonds is 4. The molecule has 6 nitrogen and oxygen atoms in total. The largest absolute Gasteiger partial charge is 0.465 e. The topological polar surface area (TPSA) is 86.5 Å². The number of hydrogen-bond donors (Lipinski definition) is 2. The highest BCUT2D eigenvalue weighted by atomic mass is 19.1. The van der Waals surface area contributed by atoms with Gasteiger partial charge in [-0.2, -0.15) is 5.16 Å². The van der Waals surface area contributed by atoms with E-state index in [1.54, 1.807) is 12.1 Å². The second kappa shape index (κ2) is 6.90. The van der Waals surface area contributed by atoms with Crippen LogP contribution in [-0.4, -0.2) is 33.8 Å². The number of hydrogen-bond acceptors (Lipinski definition) is 3. The number of benzene rings is 1. The number of amides is 1. The van der Waals surface area contributed by atoms with Gasteiger partial charge >= 0.3 is 6.09 Å². The van der Waals surface area contributed by atoms with E-state index in [4.69, 9.17) is 4.52 Å². The highest BCUT2D eigenvalue weighted by molar-refractivity contribution is 5.65. The first-order valence-electron chi connectivity index (χ1n) is 7.95. The summed E-state index contributed by atoms with van der Waals surface area (Å²) in [6.07, 6.45) is 1.60. The molecule has 0 aliphatic carbocycles. The molecule has 3 rings (SSSR count). The van der Waals surface area contributed by atoms with Crippen molar-refractivity contribution < 1.29 is 18.8 Å². The third-order valence-corrected chi connectivity index (χ3v) is 4.59. The maximum atomic E-state index is 13.0. The molecule has 0 saturated carbocycles.